The van der Waals surface area contributed by atoms with Gasteiger partial charge in [-0.25, -0.2) is 0 Å². The molecule has 0 saturated carbocycles. The number of rotatable bonds is 9. The molecule has 8 heteroatoms. The third kappa shape index (κ3) is 6.29. The Bertz CT molecular complexity index is 1150. The summed E-state index contributed by atoms with van der Waals surface area (Å²) in [5.74, 6) is -0.213. The van der Waals surface area contributed by atoms with Crippen molar-refractivity contribution < 1.29 is 19.4 Å². The zero-order chi connectivity index (χ0) is 23.2. The first-order chi connectivity index (χ1) is 16.0. The third-order valence-electron chi connectivity index (χ3n) is 5.56. The van der Waals surface area contributed by atoms with Crippen molar-refractivity contribution in [1.29, 1.82) is 0 Å². The molecule has 0 atom stereocenters. The largest absolute Gasteiger partial charge is 0.489 e. The van der Waals surface area contributed by atoms with Crippen molar-refractivity contribution in [1.82, 2.24) is 5.32 Å². The van der Waals surface area contributed by atoms with Gasteiger partial charge in [-0.3, -0.25) is 9.59 Å². The van der Waals surface area contributed by atoms with Gasteiger partial charge in [-0.1, -0.05) is 54.1 Å². The smallest absolute Gasteiger partial charge is 0.304 e. The van der Waals surface area contributed by atoms with Crippen LogP contribution in [-0.4, -0.2) is 36.6 Å². The van der Waals surface area contributed by atoms with E-state index in [1.807, 2.05) is 66.7 Å². The van der Waals surface area contributed by atoms with Crippen molar-refractivity contribution in [2.24, 2.45) is 0 Å². The number of ether oxygens (including phenoxy) is 1. The Balaban J connectivity index is 0.00000324. The molecule has 3 aromatic rings. The summed E-state index contributed by atoms with van der Waals surface area (Å²) < 4.78 is 5.99. The number of nitrogens with zero attached hydrogens (tertiary/aromatic N) is 1. The van der Waals surface area contributed by atoms with E-state index in [0.717, 1.165) is 40.1 Å². The zero-order valence-electron chi connectivity index (χ0n) is 18.5. The van der Waals surface area contributed by atoms with Crippen LogP contribution in [0.1, 0.15) is 17.5 Å². The fourth-order valence-corrected chi connectivity index (χ4v) is 4.19. The normalized spacial score (nSPS) is 12.1. The van der Waals surface area contributed by atoms with E-state index in [2.05, 4.69) is 5.32 Å². The van der Waals surface area contributed by atoms with Crippen molar-refractivity contribution in [2.45, 2.75) is 19.4 Å². The molecule has 178 valence electrons. The Morgan fingerprint density at radius 2 is 1.85 bits per heavy atom. The van der Waals surface area contributed by atoms with Crippen molar-refractivity contribution in [2.75, 3.05) is 24.5 Å². The highest BCUT2D eigenvalue weighted by Crippen LogP contribution is 2.32. The lowest BCUT2D eigenvalue weighted by atomic mass is 10.0. The van der Waals surface area contributed by atoms with E-state index in [4.69, 9.17) is 21.4 Å². The summed E-state index contributed by atoms with van der Waals surface area (Å²) in [7, 11) is 0. The van der Waals surface area contributed by atoms with Crippen molar-refractivity contribution in [3.8, 4) is 16.9 Å². The molecule has 1 aliphatic rings. The molecular weight excluding hydrogens is 475 g/mol. The molecule has 4 rings (SSSR count). The first-order valence-corrected chi connectivity index (χ1v) is 11.2. The van der Waals surface area contributed by atoms with Gasteiger partial charge in [0, 0.05) is 29.4 Å². The monoisotopic (exact) mass is 500 g/mol. The van der Waals surface area contributed by atoms with Gasteiger partial charge >= 0.3 is 5.97 Å². The second-order valence-electron chi connectivity index (χ2n) is 7.88. The summed E-state index contributed by atoms with van der Waals surface area (Å²) in [6.07, 6.45) is 0.746. The molecule has 34 heavy (non-hydrogen) atoms. The number of fused-ring (bicyclic) bond motifs is 1. The highest BCUT2D eigenvalue weighted by atomic mass is 35.5. The van der Waals surface area contributed by atoms with Gasteiger partial charge in [-0.05, 0) is 47.4 Å². The highest BCUT2D eigenvalue weighted by Gasteiger charge is 2.24. The Hall–Kier alpha value is -3.06. The van der Waals surface area contributed by atoms with Crippen molar-refractivity contribution in [3.63, 3.8) is 0 Å². The number of hydrogen-bond donors (Lipinski definition) is 2. The predicted molar refractivity (Wildman–Crippen MR) is 136 cm³/mol. The molecule has 1 aliphatic heterocycles. The molecule has 0 spiro atoms. The average molecular weight is 501 g/mol. The van der Waals surface area contributed by atoms with E-state index in [1.54, 1.807) is 4.90 Å². The standard InChI is InChI=1S/C26H25ClN2O4.ClH/c27-23-14-18(6-8-22(23)19-4-2-1-3-5-19)17-33-21-7-9-24-20(15-21)11-13-29(24)25(30)16-28-12-10-26(31)32;/h1-9,14-15,28H,10-13,16-17H2,(H,31,32);1H. The highest BCUT2D eigenvalue weighted by molar-refractivity contribution is 6.33. The Kier molecular flexibility index (Phi) is 8.93. The predicted octanol–water partition coefficient (Wildman–Crippen LogP) is 4.96. The van der Waals surface area contributed by atoms with Crippen LogP contribution in [-0.2, 0) is 22.6 Å². The van der Waals surface area contributed by atoms with Gasteiger partial charge in [0.15, 0.2) is 0 Å². The molecule has 0 fully saturated rings. The molecule has 1 heterocycles. The van der Waals surface area contributed by atoms with Crippen molar-refractivity contribution in [3.05, 3.63) is 82.9 Å². The van der Waals surface area contributed by atoms with Gasteiger partial charge in [0.1, 0.15) is 12.4 Å². The van der Waals surface area contributed by atoms with E-state index >= 15 is 0 Å². The van der Waals surface area contributed by atoms with Gasteiger partial charge in [0.05, 0.1) is 13.0 Å². The number of hydrogen-bond acceptors (Lipinski definition) is 4. The Morgan fingerprint density at radius 1 is 1.06 bits per heavy atom. The fourth-order valence-electron chi connectivity index (χ4n) is 3.88. The average Bonchev–Trinajstić information content (AvgIpc) is 3.24. The molecule has 2 N–H and O–H groups in total. The molecule has 0 saturated heterocycles. The third-order valence-corrected chi connectivity index (χ3v) is 5.88. The van der Waals surface area contributed by atoms with Crippen molar-refractivity contribution >= 4 is 41.6 Å². The molecular formula is C26H26Cl2N2O4. The van der Waals surface area contributed by atoms with Gasteiger partial charge < -0.3 is 20.1 Å². The van der Waals surface area contributed by atoms with Crippen LogP contribution in [0.15, 0.2) is 66.7 Å². The minimum Gasteiger partial charge on any atom is -0.489 e. The zero-order valence-corrected chi connectivity index (χ0v) is 20.1. The van der Waals surface area contributed by atoms with Crippen LogP contribution in [0.3, 0.4) is 0 Å². The Morgan fingerprint density at radius 3 is 2.59 bits per heavy atom. The molecule has 0 bridgehead atoms. The van der Waals surface area contributed by atoms with Gasteiger partial charge in [0.25, 0.3) is 0 Å². The maximum absolute atomic E-state index is 12.5. The summed E-state index contributed by atoms with van der Waals surface area (Å²) in [4.78, 5) is 24.8. The number of carbonyl (C=O) groups is 2. The molecule has 6 nitrogen and oxygen atoms in total. The summed E-state index contributed by atoms with van der Waals surface area (Å²) in [5.41, 5.74) is 4.97. The number of halogens is 2. The van der Waals surface area contributed by atoms with E-state index in [-0.39, 0.29) is 37.8 Å². The molecule has 1 amide bonds. The quantitative estimate of drug-likeness (QED) is 0.406. The number of nitrogens with one attached hydrogen (secondary N) is 1. The van der Waals surface area contributed by atoms with Crippen LogP contribution in [0.2, 0.25) is 5.02 Å². The molecule has 0 unspecified atom stereocenters. The number of carboxylic acids is 1. The summed E-state index contributed by atoms with van der Waals surface area (Å²) >= 11 is 6.50. The van der Waals surface area contributed by atoms with Gasteiger partial charge in [-0.2, -0.15) is 0 Å². The lowest BCUT2D eigenvalue weighted by Crippen LogP contribution is -2.37. The summed E-state index contributed by atoms with van der Waals surface area (Å²) in [5, 5.41) is 12.3. The maximum atomic E-state index is 12.5. The topological polar surface area (TPSA) is 78.9 Å². The Labute approximate surface area is 209 Å². The second kappa shape index (κ2) is 11.9. The van der Waals surface area contributed by atoms with Crippen LogP contribution in [0.25, 0.3) is 11.1 Å². The van der Waals surface area contributed by atoms with E-state index in [1.165, 1.54) is 0 Å². The van der Waals surface area contributed by atoms with Crippen LogP contribution < -0.4 is 15.0 Å². The van der Waals surface area contributed by atoms with Crippen LogP contribution in [0.5, 0.6) is 5.75 Å². The minimum atomic E-state index is -0.886. The maximum Gasteiger partial charge on any atom is 0.304 e. The van der Waals surface area contributed by atoms with Gasteiger partial charge in [0.2, 0.25) is 5.91 Å². The van der Waals surface area contributed by atoms with E-state index in [0.29, 0.717) is 18.2 Å². The van der Waals surface area contributed by atoms with E-state index in [9.17, 15) is 9.59 Å². The van der Waals surface area contributed by atoms with Crippen LogP contribution >= 0.6 is 24.0 Å². The first kappa shape index (κ1) is 25.6. The fraction of sp³-hybridized carbons (Fsp3) is 0.231. The molecule has 3 aromatic carbocycles. The molecule has 0 aromatic heterocycles. The van der Waals surface area contributed by atoms with Gasteiger partial charge in [-0.15, -0.1) is 12.4 Å². The van der Waals surface area contributed by atoms with Crippen LogP contribution in [0.4, 0.5) is 5.69 Å². The number of carbonyl (C=O) groups excluding carboxylic acids is 1. The number of carboxylic acid groups (broad SMARTS) is 1. The summed E-state index contributed by atoms with van der Waals surface area (Å²) in [6.45, 7) is 1.38. The molecule has 0 aliphatic carbocycles. The first-order valence-electron chi connectivity index (χ1n) is 10.8. The SMILES string of the molecule is Cl.O=C(O)CCNCC(=O)N1CCc2cc(OCc3ccc(-c4ccccc4)c(Cl)c3)ccc21. The van der Waals surface area contributed by atoms with E-state index < -0.39 is 5.97 Å². The number of benzene rings is 3. The second-order valence-corrected chi connectivity index (χ2v) is 8.28. The molecule has 0 radical (unpaired) electrons. The number of anilines is 1. The number of amides is 1. The lowest BCUT2D eigenvalue weighted by Gasteiger charge is -2.18. The number of aliphatic carboxylic acids is 1. The minimum absolute atomic E-state index is 0. The van der Waals surface area contributed by atoms with Crippen LogP contribution in [0, 0.1) is 0 Å². The summed E-state index contributed by atoms with van der Waals surface area (Å²) in [6, 6.07) is 21.7. The lowest BCUT2D eigenvalue weighted by molar-refractivity contribution is -0.137.